The average molecular weight is 1230 g/mol. The molecule has 20 rings (SSSR count). The predicted octanol–water partition coefficient (Wildman–Crippen LogP) is 24.3. The Bertz CT molecular complexity index is 5750. The van der Waals surface area contributed by atoms with Crippen LogP contribution >= 0.6 is 0 Å². The van der Waals surface area contributed by atoms with E-state index in [1.165, 1.54) is 99.3 Å². The van der Waals surface area contributed by atoms with Gasteiger partial charge in [-0.15, -0.1) is 0 Å². The predicted molar refractivity (Wildman–Crippen MR) is 392 cm³/mol. The van der Waals surface area contributed by atoms with E-state index in [0.29, 0.717) is 23.0 Å². The van der Waals surface area contributed by atoms with Crippen LogP contribution in [0.1, 0.15) is 121 Å². The van der Waals surface area contributed by atoms with Crippen LogP contribution in [-0.2, 0) is 5.41 Å². The van der Waals surface area contributed by atoms with Crippen molar-refractivity contribution in [3.8, 4) is 29.0 Å². The summed E-state index contributed by atoms with van der Waals surface area (Å²) in [6.07, 6.45) is 12.1. The van der Waals surface area contributed by atoms with Gasteiger partial charge in [0.15, 0.2) is 11.2 Å². The minimum Gasteiger partial charge on any atom is -0.454 e. The first-order valence-corrected chi connectivity index (χ1v) is 34.3. The van der Waals surface area contributed by atoms with E-state index in [9.17, 15) is 10.5 Å². The van der Waals surface area contributed by atoms with Crippen LogP contribution in [0, 0.1) is 22.7 Å². The zero-order valence-electron chi connectivity index (χ0n) is 52.9. The molecule has 2 saturated carbocycles. The molecular formula is C89H63N5O2. The van der Waals surface area contributed by atoms with Crippen LogP contribution in [0.3, 0.4) is 0 Å². The molecule has 456 valence electrons. The lowest BCUT2D eigenvalue weighted by Gasteiger charge is -2.40. The molecule has 4 aliphatic rings. The summed E-state index contributed by atoms with van der Waals surface area (Å²) in [5.74, 6) is 0.874. The second kappa shape index (κ2) is 21.2. The molecule has 16 aromatic rings. The van der Waals surface area contributed by atoms with E-state index < -0.39 is 5.41 Å². The highest BCUT2D eigenvalue weighted by Crippen LogP contribution is 2.66. The van der Waals surface area contributed by atoms with E-state index in [0.717, 1.165) is 136 Å². The second-order valence-corrected chi connectivity index (χ2v) is 27.2. The largest absolute Gasteiger partial charge is 0.454 e. The molecule has 0 atom stereocenters. The Morgan fingerprint density at radius 1 is 0.344 bits per heavy atom. The molecule has 3 aliphatic carbocycles. The minimum absolute atomic E-state index is 0.437. The van der Waals surface area contributed by atoms with Gasteiger partial charge in [0.2, 0.25) is 0 Å². The number of rotatable bonds is 8. The smallest absolute Gasteiger partial charge is 0.159 e. The van der Waals surface area contributed by atoms with Crippen molar-refractivity contribution in [1.29, 1.82) is 10.5 Å². The quantitative estimate of drug-likeness (QED) is 0.151. The Morgan fingerprint density at radius 3 is 1.26 bits per heavy atom. The lowest BCUT2D eigenvalue weighted by Crippen LogP contribution is -2.34. The van der Waals surface area contributed by atoms with Crippen molar-refractivity contribution in [3.63, 3.8) is 0 Å². The van der Waals surface area contributed by atoms with Crippen LogP contribution in [-0.4, -0.2) is 4.57 Å². The van der Waals surface area contributed by atoms with Gasteiger partial charge in [0.1, 0.15) is 11.2 Å². The number of hydrogen-bond acceptors (Lipinski definition) is 6. The molecule has 0 radical (unpaired) electrons. The van der Waals surface area contributed by atoms with Crippen molar-refractivity contribution in [1.82, 2.24) is 4.57 Å². The third-order valence-electron chi connectivity index (χ3n) is 22.4. The van der Waals surface area contributed by atoms with Gasteiger partial charge in [-0.2, -0.15) is 10.5 Å². The fourth-order valence-corrected chi connectivity index (χ4v) is 18.3. The summed E-state index contributed by atoms with van der Waals surface area (Å²) in [7, 11) is 0. The fraction of sp³-hybridized carbons (Fsp3) is 0.146. The molecule has 0 unspecified atom stereocenters. The van der Waals surface area contributed by atoms with Gasteiger partial charge in [-0.25, -0.2) is 0 Å². The number of hydrogen-bond donors (Lipinski definition) is 0. The van der Waals surface area contributed by atoms with E-state index in [1.54, 1.807) is 0 Å². The normalized spacial score (nSPS) is 15.1. The standard InChI is InChI=1S/C89H63N5O2/c90-52-54-42-46-58(47-43-54)92(78-40-18-34-70-68-32-15-29-60(85(68)95-87(70)78)56-20-3-1-4-21-56)80-50-74-82(65-27-9-7-24-62(65)80)83-66-28-10-8-25-63(66)81(51-75(83)89(74)72-36-12-14-39-77(72)94-76-38-13-11-26-64(76)67-31-17-37-73(89)84(67)94)93(59-48-44-55(53-91)45-49-59)79-41-19-35-71-69-33-16-30-61(86(69)96-88(71)79)57-22-5-2-6-23-57/h7-19,24-51,56-57H,1-6,20-23H2. The number of anilines is 6. The molecule has 2 fully saturated rings. The Hall–Kier alpha value is -11.6. The van der Waals surface area contributed by atoms with Gasteiger partial charge >= 0.3 is 0 Å². The zero-order chi connectivity index (χ0) is 63.3. The molecule has 7 heteroatoms. The number of nitrogens with zero attached hydrogens (tertiary/aromatic N) is 5. The maximum absolute atomic E-state index is 10.4. The maximum atomic E-state index is 10.4. The van der Waals surface area contributed by atoms with Gasteiger partial charge in [0.05, 0.1) is 68.2 Å². The molecule has 1 spiro atoms. The minimum atomic E-state index is -0.962. The van der Waals surface area contributed by atoms with Crippen LogP contribution < -0.4 is 9.80 Å². The second-order valence-electron chi connectivity index (χ2n) is 27.2. The first-order valence-electron chi connectivity index (χ1n) is 34.3. The van der Waals surface area contributed by atoms with Crippen LogP contribution in [0.25, 0.3) is 104 Å². The van der Waals surface area contributed by atoms with Crippen molar-refractivity contribution in [3.05, 3.63) is 293 Å². The Morgan fingerprint density at radius 2 is 0.750 bits per heavy atom. The molecule has 0 saturated heterocycles. The van der Waals surface area contributed by atoms with Gasteiger partial charge in [0.25, 0.3) is 0 Å². The Labute approximate surface area is 555 Å². The van der Waals surface area contributed by atoms with E-state index in [4.69, 9.17) is 8.83 Å². The highest BCUT2D eigenvalue weighted by atomic mass is 16.3. The van der Waals surface area contributed by atoms with Crippen molar-refractivity contribution in [2.45, 2.75) is 81.5 Å². The third kappa shape index (κ3) is 7.68. The van der Waals surface area contributed by atoms with Gasteiger partial charge in [-0.05, 0) is 178 Å². The van der Waals surface area contributed by atoms with Crippen molar-refractivity contribution < 1.29 is 8.83 Å². The van der Waals surface area contributed by atoms with E-state index in [-0.39, 0.29) is 0 Å². The highest BCUT2D eigenvalue weighted by molar-refractivity contribution is 6.22. The zero-order valence-corrected chi connectivity index (χ0v) is 52.9. The molecule has 3 aromatic heterocycles. The molecule has 4 heterocycles. The number of para-hydroxylation sites is 7. The summed E-state index contributed by atoms with van der Waals surface area (Å²) < 4.78 is 17.5. The molecular weight excluding hydrogens is 1170 g/mol. The third-order valence-corrected chi connectivity index (χ3v) is 22.4. The summed E-state index contributed by atoms with van der Waals surface area (Å²) >= 11 is 0. The summed E-state index contributed by atoms with van der Waals surface area (Å²) in [5.41, 5.74) is 22.6. The van der Waals surface area contributed by atoms with Crippen molar-refractivity contribution in [2.75, 3.05) is 9.80 Å². The SMILES string of the molecule is N#Cc1ccc(N(c2cc3c(c4ccccc24)-c2c(cc(N(c4ccc(C#N)cc4)c4cccc5c4oc4c(C6CCCCC6)cccc45)c4ccccc24)C32c3ccccc3-n3c4ccccc4c4cccc2c43)c2cccc3c2oc2c(C4CCCCC4)cccc23)cc1. The molecule has 13 aromatic carbocycles. The van der Waals surface area contributed by atoms with E-state index in [1.807, 2.05) is 24.3 Å². The molecule has 0 bridgehead atoms. The van der Waals surface area contributed by atoms with E-state index >= 15 is 0 Å². The van der Waals surface area contributed by atoms with Crippen LogP contribution in [0.15, 0.2) is 258 Å². The maximum Gasteiger partial charge on any atom is 0.159 e. The highest BCUT2D eigenvalue weighted by Gasteiger charge is 2.53. The monoisotopic (exact) mass is 1230 g/mol. The van der Waals surface area contributed by atoms with Crippen LogP contribution in [0.4, 0.5) is 34.1 Å². The summed E-state index contributed by atoms with van der Waals surface area (Å²) in [5, 5.41) is 32.0. The first kappa shape index (κ1) is 54.9. The number of furan rings is 2. The van der Waals surface area contributed by atoms with Gasteiger partial charge in [0, 0.05) is 54.5 Å². The number of aromatic nitrogens is 1. The number of fused-ring (bicyclic) bond motifs is 22. The van der Waals surface area contributed by atoms with Gasteiger partial charge in [-0.3, -0.25) is 0 Å². The Balaban J connectivity index is 0.926. The Kier molecular flexibility index (Phi) is 12.1. The van der Waals surface area contributed by atoms with Gasteiger partial charge < -0.3 is 23.2 Å². The number of nitriles is 2. The van der Waals surface area contributed by atoms with Crippen molar-refractivity contribution in [2.24, 2.45) is 0 Å². The molecule has 96 heavy (non-hydrogen) atoms. The van der Waals surface area contributed by atoms with E-state index in [2.05, 4.69) is 251 Å². The topological polar surface area (TPSA) is 85.3 Å². The van der Waals surface area contributed by atoms with Gasteiger partial charge in [-0.1, -0.05) is 202 Å². The lowest BCUT2D eigenvalue weighted by atomic mass is 9.65. The fourth-order valence-electron chi connectivity index (χ4n) is 18.3. The first-order chi connectivity index (χ1) is 47.6. The van der Waals surface area contributed by atoms with Crippen molar-refractivity contribution >= 4 is 121 Å². The number of benzene rings is 13. The van der Waals surface area contributed by atoms with Crippen LogP contribution in [0.5, 0.6) is 0 Å². The average Bonchev–Trinajstić information content (AvgIpc) is 1.47. The lowest BCUT2D eigenvalue weighted by molar-refractivity contribution is 0.442. The molecule has 1 aliphatic heterocycles. The summed E-state index contributed by atoms with van der Waals surface area (Å²) in [6, 6.07) is 96.1. The molecule has 0 amide bonds. The summed E-state index contributed by atoms with van der Waals surface area (Å²) in [6.45, 7) is 0. The molecule has 0 N–H and O–H groups in total. The molecule has 7 nitrogen and oxygen atoms in total. The van der Waals surface area contributed by atoms with Crippen LogP contribution in [0.2, 0.25) is 0 Å². The summed E-state index contributed by atoms with van der Waals surface area (Å²) in [4.78, 5) is 4.84.